The molecule has 0 spiro atoms. The zero-order valence-electron chi connectivity index (χ0n) is 26.3. The highest BCUT2D eigenvalue weighted by Gasteiger charge is 2.35. The van der Waals surface area contributed by atoms with Gasteiger partial charge in [0.15, 0.2) is 0 Å². The Balaban J connectivity index is 1.30. The molecule has 4 heterocycles. The Morgan fingerprint density at radius 1 is 1.14 bits per heavy atom. The van der Waals surface area contributed by atoms with Gasteiger partial charge in [-0.1, -0.05) is 29.8 Å². The summed E-state index contributed by atoms with van der Waals surface area (Å²) in [5.41, 5.74) is 2.29. The Hall–Kier alpha value is -3.37. The summed E-state index contributed by atoms with van der Waals surface area (Å²) in [7, 11) is 4.17. The van der Waals surface area contributed by atoms with E-state index in [1.807, 2.05) is 46.0 Å². The molecular formula is C33H42ClFN6O3. The molecule has 1 amide bonds. The highest BCUT2D eigenvalue weighted by molar-refractivity contribution is 6.36. The number of hydrogen-bond donors (Lipinski definition) is 0. The van der Waals surface area contributed by atoms with Crippen LogP contribution in [0.25, 0.3) is 10.8 Å². The number of hydrogen-bond acceptors (Lipinski definition) is 8. The Bertz CT molecular complexity index is 1550. The highest BCUT2D eigenvalue weighted by atomic mass is 35.5. The third-order valence-electron chi connectivity index (χ3n) is 9.05. The maximum Gasteiger partial charge on any atom is 0.410 e. The maximum atomic E-state index is 14.5. The van der Waals surface area contributed by atoms with Gasteiger partial charge in [-0.25, -0.2) is 9.18 Å². The van der Waals surface area contributed by atoms with Crippen LogP contribution < -0.4 is 14.5 Å². The lowest BCUT2D eigenvalue weighted by molar-refractivity contribution is 0.0292. The number of likely N-dealkylation sites (N-methyl/N-ethyl adjacent to an activating group) is 2. The summed E-state index contributed by atoms with van der Waals surface area (Å²) >= 11 is 6.51. The number of likely N-dealkylation sites (tertiary alicyclic amines) is 2. The Labute approximate surface area is 263 Å². The smallest absolute Gasteiger partial charge is 0.410 e. The lowest BCUT2D eigenvalue weighted by Crippen LogP contribution is -2.40. The van der Waals surface area contributed by atoms with E-state index in [1.54, 1.807) is 11.0 Å². The number of aromatic nitrogens is 2. The second kappa shape index (κ2) is 12.2. The van der Waals surface area contributed by atoms with Crippen molar-refractivity contribution in [2.24, 2.45) is 0 Å². The van der Waals surface area contributed by atoms with E-state index in [-0.39, 0.29) is 17.2 Å². The number of nitrogens with zero attached hydrogens (tertiary/aromatic N) is 6. The van der Waals surface area contributed by atoms with Crippen molar-refractivity contribution >= 4 is 40.0 Å². The largest absolute Gasteiger partial charge is 0.462 e. The molecule has 2 atom stereocenters. The van der Waals surface area contributed by atoms with Crippen molar-refractivity contribution in [3.05, 3.63) is 52.4 Å². The number of fused-ring (bicyclic) bond motifs is 2. The molecule has 2 fully saturated rings. The van der Waals surface area contributed by atoms with Gasteiger partial charge < -0.3 is 29.1 Å². The first-order valence-corrected chi connectivity index (χ1v) is 15.9. The van der Waals surface area contributed by atoms with Crippen molar-refractivity contribution in [3.8, 4) is 6.01 Å². The van der Waals surface area contributed by atoms with Crippen LogP contribution in [-0.4, -0.2) is 90.4 Å². The van der Waals surface area contributed by atoms with Gasteiger partial charge in [-0.05, 0) is 77.6 Å². The second-order valence-electron chi connectivity index (χ2n) is 13.2. The standard InChI is InChI=1S/C33H42ClFN6O3/c1-33(2,3)44-32(42)41-16-13-22(18-41)39(5)30-24-14-17-40(27-10-6-8-21-11-12-25(35)29(34)28(21)27)19-26(24)36-31(37-30)43-20-23-9-7-15-38(23)4/h6,8,10-12,22-23H,7,9,13-20H2,1-5H3. The number of ether oxygens (including phenoxy) is 2. The highest BCUT2D eigenvalue weighted by Crippen LogP contribution is 2.38. The molecule has 11 heteroatoms. The minimum Gasteiger partial charge on any atom is -0.462 e. The summed E-state index contributed by atoms with van der Waals surface area (Å²) in [6.07, 6.45) is 3.46. The van der Waals surface area contributed by atoms with Crippen LogP contribution in [-0.2, 0) is 17.7 Å². The van der Waals surface area contributed by atoms with Crippen LogP contribution >= 0.6 is 11.6 Å². The van der Waals surface area contributed by atoms with Crippen molar-refractivity contribution in [2.45, 2.75) is 70.7 Å². The zero-order valence-corrected chi connectivity index (χ0v) is 27.0. The first kappa shape index (κ1) is 30.6. The molecule has 9 nitrogen and oxygen atoms in total. The van der Waals surface area contributed by atoms with E-state index in [4.69, 9.17) is 31.0 Å². The quantitative estimate of drug-likeness (QED) is 0.336. The van der Waals surface area contributed by atoms with Gasteiger partial charge in [-0.3, -0.25) is 0 Å². The Kier molecular flexibility index (Phi) is 8.50. The minimum atomic E-state index is -0.543. The first-order chi connectivity index (χ1) is 21.0. The SMILES string of the molecule is CN1CCCC1COc1nc2c(c(N(C)C3CCN(C(=O)OC(C)(C)C)C3)n1)CCN(c1cccc3ccc(F)c(Cl)c13)C2. The molecule has 3 aliphatic heterocycles. The van der Waals surface area contributed by atoms with Gasteiger partial charge in [-0.15, -0.1) is 0 Å². The van der Waals surface area contributed by atoms with E-state index in [1.165, 1.54) is 6.07 Å². The van der Waals surface area contributed by atoms with Crippen molar-refractivity contribution in [2.75, 3.05) is 56.7 Å². The van der Waals surface area contributed by atoms with E-state index >= 15 is 0 Å². The molecule has 0 radical (unpaired) electrons. The molecule has 3 aromatic rings. The molecule has 6 rings (SSSR count). The molecule has 0 aliphatic carbocycles. The lowest BCUT2D eigenvalue weighted by atomic mass is 10.0. The summed E-state index contributed by atoms with van der Waals surface area (Å²) in [5, 5.41) is 1.73. The minimum absolute atomic E-state index is 0.0770. The van der Waals surface area contributed by atoms with Gasteiger partial charge in [0.2, 0.25) is 0 Å². The lowest BCUT2D eigenvalue weighted by Gasteiger charge is -2.35. The van der Waals surface area contributed by atoms with Gasteiger partial charge >= 0.3 is 12.1 Å². The van der Waals surface area contributed by atoms with Crippen molar-refractivity contribution in [1.29, 1.82) is 0 Å². The summed E-state index contributed by atoms with van der Waals surface area (Å²) in [4.78, 5) is 31.2. The number of benzene rings is 2. The first-order valence-electron chi connectivity index (χ1n) is 15.5. The van der Waals surface area contributed by atoms with Crippen molar-refractivity contribution < 1.29 is 18.7 Å². The molecule has 3 aliphatic rings. The third-order valence-corrected chi connectivity index (χ3v) is 9.42. The van der Waals surface area contributed by atoms with Gasteiger partial charge in [0, 0.05) is 55.4 Å². The Morgan fingerprint density at radius 2 is 1.95 bits per heavy atom. The molecule has 2 saturated heterocycles. The molecule has 236 valence electrons. The predicted octanol–water partition coefficient (Wildman–Crippen LogP) is 5.90. The molecule has 2 unspecified atom stereocenters. The number of rotatable bonds is 6. The van der Waals surface area contributed by atoms with Crippen LogP contribution in [0.5, 0.6) is 6.01 Å². The van der Waals surface area contributed by atoms with Crippen LogP contribution in [0.4, 0.5) is 20.7 Å². The topological polar surface area (TPSA) is 74.3 Å². The number of anilines is 2. The third kappa shape index (κ3) is 6.24. The summed E-state index contributed by atoms with van der Waals surface area (Å²) < 4.78 is 26.5. The van der Waals surface area contributed by atoms with E-state index < -0.39 is 11.4 Å². The van der Waals surface area contributed by atoms with Crippen LogP contribution in [0.15, 0.2) is 30.3 Å². The average Bonchev–Trinajstić information content (AvgIpc) is 3.65. The van der Waals surface area contributed by atoms with Crippen LogP contribution in [0.3, 0.4) is 0 Å². The van der Waals surface area contributed by atoms with Gasteiger partial charge in [0.05, 0.1) is 17.3 Å². The number of carbonyl (C=O) groups excluding carboxylic acids is 1. The van der Waals surface area contributed by atoms with Crippen molar-refractivity contribution in [3.63, 3.8) is 0 Å². The summed E-state index contributed by atoms with van der Waals surface area (Å²) in [6.45, 7) is 9.63. The normalized spacial score (nSPS) is 20.7. The molecule has 0 saturated carbocycles. The molecule has 0 N–H and O–H groups in total. The van der Waals surface area contributed by atoms with Crippen LogP contribution in [0.1, 0.15) is 51.3 Å². The fraction of sp³-hybridized carbons (Fsp3) is 0.545. The van der Waals surface area contributed by atoms with Crippen LogP contribution in [0.2, 0.25) is 5.02 Å². The molecular weight excluding hydrogens is 583 g/mol. The van der Waals surface area contributed by atoms with E-state index in [9.17, 15) is 9.18 Å². The van der Waals surface area contributed by atoms with Gasteiger partial charge in [-0.2, -0.15) is 9.97 Å². The molecule has 2 aromatic carbocycles. The maximum absolute atomic E-state index is 14.5. The molecule has 0 bridgehead atoms. The Morgan fingerprint density at radius 3 is 2.70 bits per heavy atom. The summed E-state index contributed by atoms with van der Waals surface area (Å²) in [5.74, 6) is 0.405. The average molecular weight is 625 g/mol. The van der Waals surface area contributed by atoms with E-state index in [0.717, 1.165) is 54.0 Å². The number of carbonyl (C=O) groups is 1. The molecule has 1 aromatic heterocycles. The second-order valence-corrected chi connectivity index (χ2v) is 13.6. The number of halogens is 2. The predicted molar refractivity (Wildman–Crippen MR) is 171 cm³/mol. The fourth-order valence-corrected chi connectivity index (χ4v) is 6.86. The van der Waals surface area contributed by atoms with E-state index in [2.05, 4.69) is 21.7 Å². The van der Waals surface area contributed by atoms with Gasteiger partial charge in [0.1, 0.15) is 23.8 Å². The monoisotopic (exact) mass is 624 g/mol. The van der Waals surface area contributed by atoms with Crippen molar-refractivity contribution in [1.82, 2.24) is 19.8 Å². The fourth-order valence-electron chi connectivity index (χ4n) is 6.59. The zero-order chi connectivity index (χ0) is 31.2. The summed E-state index contributed by atoms with van der Waals surface area (Å²) in [6, 6.07) is 9.86. The molecule has 44 heavy (non-hydrogen) atoms. The van der Waals surface area contributed by atoms with E-state index in [0.29, 0.717) is 56.6 Å². The van der Waals surface area contributed by atoms with Crippen LogP contribution in [0, 0.1) is 5.82 Å². The van der Waals surface area contributed by atoms with Gasteiger partial charge in [0.25, 0.3) is 0 Å². The number of amides is 1.